The fourth-order valence-electron chi connectivity index (χ4n) is 1.53. The number of nitrogens with two attached hydrogens (primary N) is 1. The molecule has 2 aromatic rings. The van der Waals surface area contributed by atoms with E-state index in [-0.39, 0.29) is 5.56 Å². The quantitative estimate of drug-likeness (QED) is 0.730. The fraction of sp³-hybridized carbons (Fsp3) is 0.167. The highest BCUT2D eigenvalue weighted by Crippen LogP contribution is 2.20. The van der Waals surface area contributed by atoms with Crippen LogP contribution in [0.4, 0.5) is 5.69 Å². The van der Waals surface area contributed by atoms with Crippen LogP contribution in [-0.2, 0) is 7.05 Å². The van der Waals surface area contributed by atoms with E-state index in [0.29, 0.717) is 11.3 Å². The zero-order valence-electron chi connectivity index (χ0n) is 9.27. The highest BCUT2D eigenvalue weighted by Gasteiger charge is 2.05. The molecule has 0 radical (unpaired) electrons. The standard InChI is InChI=1S/C12H13N3O/c1-8-3-4-9(7-11(8)13)10-5-6-14-15(2)12(10)16/h3-7H,13H2,1-2H3. The maximum absolute atomic E-state index is 11.8. The molecule has 2 rings (SSSR count). The van der Waals surface area contributed by atoms with Crippen LogP contribution in [0.2, 0.25) is 0 Å². The molecule has 0 saturated heterocycles. The van der Waals surface area contributed by atoms with Gasteiger partial charge in [-0.05, 0) is 30.2 Å². The molecular formula is C12H13N3O. The van der Waals surface area contributed by atoms with Crippen molar-refractivity contribution in [3.63, 3.8) is 0 Å². The van der Waals surface area contributed by atoms with Crippen LogP contribution in [-0.4, -0.2) is 9.78 Å². The van der Waals surface area contributed by atoms with Crippen LogP contribution >= 0.6 is 0 Å². The van der Waals surface area contributed by atoms with Crippen molar-refractivity contribution in [2.45, 2.75) is 6.92 Å². The van der Waals surface area contributed by atoms with Gasteiger partial charge in [-0.1, -0.05) is 12.1 Å². The average molecular weight is 215 g/mol. The molecular weight excluding hydrogens is 202 g/mol. The first-order valence-corrected chi connectivity index (χ1v) is 4.98. The molecule has 0 aliphatic heterocycles. The molecule has 0 unspecified atom stereocenters. The van der Waals surface area contributed by atoms with Crippen LogP contribution < -0.4 is 11.3 Å². The summed E-state index contributed by atoms with van der Waals surface area (Å²) in [5.74, 6) is 0. The molecule has 1 heterocycles. The molecule has 0 saturated carbocycles. The molecule has 0 spiro atoms. The van der Waals surface area contributed by atoms with E-state index in [1.807, 2.05) is 25.1 Å². The maximum Gasteiger partial charge on any atom is 0.274 e. The minimum atomic E-state index is -0.120. The van der Waals surface area contributed by atoms with Gasteiger partial charge in [-0.15, -0.1) is 0 Å². The Bertz CT molecular complexity index is 587. The molecule has 16 heavy (non-hydrogen) atoms. The van der Waals surface area contributed by atoms with Gasteiger partial charge < -0.3 is 5.73 Å². The first-order chi connectivity index (χ1) is 7.59. The lowest BCUT2D eigenvalue weighted by atomic mass is 10.0. The second-order valence-corrected chi connectivity index (χ2v) is 3.75. The van der Waals surface area contributed by atoms with Gasteiger partial charge in [-0.3, -0.25) is 4.79 Å². The fourth-order valence-corrected chi connectivity index (χ4v) is 1.53. The van der Waals surface area contributed by atoms with Crippen LogP contribution in [0, 0.1) is 6.92 Å². The Labute approximate surface area is 93.3 Å². The third kappa shape index (κ3) is 1.69. The first kappa shape index (κ1) is 10.4. The Morgan fingerprint density at radius 1 is 1.31 bits per heavy atom. The molecule has 82 valence electrons. The molecule has 0 aliphatic carbocycles. The van der Waals surface area contributed by atoms with Crippen molar-refractivity contribution in [1.29, 1.82) is 0 Å². The van der Waals surface area contributed by atoms with Gasteiger partial charge in [0.25, 0.3) is 5.56 Å². The van der Waals surface area contributed by atoms with E-state index in [4.69, 9.17) is 5.73 Å². The number of aryl methyl sites for hydroxylation is 2. The molecule has 0 atom stereocenters. The SMILES string of the molecule is Cc1ccc(-c2ccnn(C)c2=O)cc1N. The summed E-state index contributed by atoms with van der Waals surface area (Å²) in [5.41, 5.74) is 8.84. The van der Waals surface area contributed by atoms with Crippen molar-refractivity contribution in [3.8, 4) is 11.1 Å². The number of rotatable bonds is 1. The average Bonchev–Trinajstić information content (AvgIpc) is 2.26. The summed E-state index contributed by atoms with van der Waals surface area (Å²) >= 11 is 0. The highest BCUT2D eigenvalue weighted by molar-refractivity contribution is 5.67. The highest BCUT2D eigenvalue weighted by atomic mass is 16.1. The molecule has 1 aromatic carbocycles. The first-order valence-electron chi connectivity index (χ1n) is 4.98. The maximum atomic E-state index is 11.8. The number of hydrogen-bond donors (Lipinski definition) is 1. The van der Waals surface area contributed by atoms with E-state index in [9.17, 15) is 4.79 Å². The Hall–Kier alpha value is -2.10. The van der Waals surface area contributed by atoms with Crippen molar-refractivity contribution in [1.82, 2.24) is 9.78 Å². The zero-order chi connectivity index (χ0) is 11.7. The zero-order valence-corrected chi connectivity index (χ0v) is 9.27. The topological polar surface area (TPSA) is 60.9 Å². The number of nitrogens with zero attached hydrogens (tertiary/aromatic N) is 2. The minimum Gasteiger partial charge on any atom is -0.398 e. The van der Waals surface area contributed by atoms with E-state index < -0.39 is 0 Å². The van der Waals surface area contributed by atoms with E-state index in [0.717, 1.165) is 11.1 Å². The van der Waals surface area contributed by atoms with E-state index in [1.54, 1.807) is 19.3 Å². The van der Waals surface area contributed by atoms with Gasteiger partial charge in [0.1, 0.15) is 0 Å². The molecule has 2 N–H and O–H groups in total. The minimum absolute atomic E-state index is 0.120. The lowest BCUT2D eigenvalue weighted by molar-refractivity contribution is 0.709. The predicted octanol–water partition coefficient (Wildman–Crippen LogP) is 1.34. The summed E-state index contributed by atoms with van der Waals surface area (Å²) in [6.45, 7) is 1.93. The number of hydrogen-bond acceptors (Lipinski definition) is 3. The Morgan fingerprint density at radius 3 is 2.75 bits per heavy atom. The number of aromatic nitrogens is 2. The molecule has 0 bridgehead atoms. The van der Waals surface area contributed by atoms with Crippen LogP contribution in [0.25, 0.3) is 11.1 Å². The van der Waals surface area contributed by atoms with Gasteiger partial charge in [0.15, 0.2) is 0 Å². The number of anilines is 1. The number of benzene rings is 1. The van der Waals surface area contributed by atoms with Gasteiger partial charge in [-0.2, -0.15) is 5.10 Å². The van der Waals surface area contributed by atoms with Crippen LogP contribution in [0.3, 0.4) is 0 Å². The van der Waals surface area contributed by atoms with Crippen LogP contribution in [0.15, 0.2) is 35.3 Å². The summed E-state index contributed by atoms with van der Waals surface area (Å²) in [7, 11) is 1.63. The summed E-state index contributed by atoms with van der Waals surface area (Å²) in [5, 5.41) is 3.88. The van der Waals surface area contributed by atoms with Crippen molar-refractivity contribution in [2.75, 3.05) is 5.73 Å². The van der Waals surface area contributed by atoms with E-state index >= 15 is 0 Å². The molecule has 1 aromatic heterocycles. The molecule has 0 aliphatic rings. The van der Waals surface area contributed by atoms with Crippen molar-refractivity contribution >= 4 is 5.69 Å². The Morgan fingerprint density at radius 2 is 2.06 bits per heavy atom. The van der Waals surface area contributed by atoms with E-state index in [2.05, 4.69) is 5.10 Å². The normalized spacial score (nSPS) is 10.4. The van der Waals surface area contributed by atoms with Gasteiger partial charge in [0, 0.05) is 18.9 Å². The molecule has 4 heteroatoms. The molecule has 4 nitrogen and oxygen atoms in total. The lowest BCUT2D eigenvalue weighted by Gasteiger charge is -2.05. The second kappa shape index (κ2) is 3.81. The predicted molar refractivity (Wildman–Crippen MR) is 64.1 cm³/mol. The van der Waals surface area contributed by atoms with Crippen LogP contribution in [0.5, 0.6) is 0 Å². The van der Waals surface area contributed by atoms with Crippen LogP contribution in [0.1, 0.15) is 5.56 Å². The summed E-state index contributed by atoms with van der Waals surface area (Å²) in [6.07, 6.45) is 1.60. The summed E-state index contributed by atoms with van der Waals surface area (Å²) in [6, 6.07) is 7.31. The summed E-state index contributed by atoms with van der Waals surface area (Å²) < 4.78 is 1.31. The third-order valence-electron chi connectivity index (χ3n) is 2.60. The van der Waals surface area contributed by atoms with Gasteiger partial charge >= 0.3 is 0 Å². The third-order valence-corrected chi connectivity index (χ3v) is 2.60. The summed E-state index contributed by atoms with van der Waals surface area (Å²) in [4.78, 5) is 11.8. The van der Waals surface area contributed by atoms with Gasteiger partial charge in [-0.25, -0.2) is 4.68 Å². The second-order valence-electron chi connectivity index (χ2n) is 3.75. The van der Waals surface area contributed by atoms with Crippen molar-refractivity contribution < 1.29 is 0 Å². The van der Waals surface area contributed by atoms with Gasteiger partial charge in [0.05, 0.1) is 5.56 Å². The van der Waals surface area contributed by atoms with Crippen molar-refractivity contribution in [2.24, 2.45) is 7.05 Å². The monoisotopic (exact) mass is 215 g/mol. The van der Waals surface area contributed by atoms with E-state index in [1.165, 1.54) is 4.68 Å². The van der Waals surface area contributed by atoms with Crippen molar-refractivity contribution in [3.05, 3.63) is 46.4 Å². The largest absolute Gasteiger partial charge is 0.398 e. The molecule has 0 fully saturated rings. The molecule has 0 amide bonds. The smallest absolute Gasteiger partial charge is 0.274 e. The van der Waals surface area contributed by atoms with Gasteiger partial charge in [0.2, 0.25) is 0 Å². The number of nitrogen functional groups attached to an aromatic ring is 1. The lowest BCUT2D eigenvalue weighted by Crippen LogP contribution is -2.20. The Kier molecular flexibility index (Phi) is 2.48. The Balaban J connectivity index is 2.64.